The number of nitrogens with zero attached hydrogens (tertiary/aromatic N) is 3. The van der Waals surface area contributed by atoms with E-state index in [1.165, 1.54) is 11.0 Å². The highest BCUT2D eigenvalue weighted by atomic mass is 16.4. The number of carbonyl (C=O) groups excluding carboxylic acids is 1. The smallest absolute Gasteiger partial charge is 0.339 e. The van der Waals surface area contributed by atoms with Crippen LogP contribution in [-0.4, -0.2) is 38.7 Å². The summed E-state index contributed by atoms with van der Waals surface area (Å²) < 4.78 is 7.27. The fourth-order valence-corrected chi connectivity index (χ4v) is 3.26. The van der Waals surface area contributed by atoms with Gasteiger partial charge in [-0.1, -0.05) is 12.8 Å². The Morgan fingerprint density at radius 3 is 2.75 bits per heavy atom. The Morgan fingerprint density at radius 1 is 1.42 bits per heavy atom. The molecule has 3 rings (SSSR count). The number of carboxylic acids is 1. The van der Waals surface area contributed by atoms with Gasteiger partial charge in [-0.05, 0) is 31.9 Å². The fraction of sp³-hybridized carbons (Fsp3) is 0.471. The summed E-state index contributed by atoms with van der Waals surface area (Å²) in [4.78, 5) is 25.3. The number of aryl methyl sites for hydroxylation is 1. The molecule has 0 atom stereocenters. The monoisotopic (exact) mass is 331 g/mol. The molecule has 128 valence electrons. The van der Waals surface area contributed by atoms with Crippen molar-refractivity contribution in [2.45, 2.75) is 45.2 Å². The van der Waals surface area contributed by atoms with Crippen LogP contribution >= 0.6 is 0 Å². The van der Waals surface area contributed by atoms with Gasteiger partial charge in [0.25, 0.3) is 5.91 Å². The first-order valence-corrected chi connectivity index (χ1v) is 8.09. The molecule has 7 nitrogen and oxygen atoms in total. The Balaban J connectivity index is 1.74. The zero-order chi connectivity index (χ0) is 17.3. The average Bonchev–Trinajstić information content (AvgIpc) is 3.25. The van der Waals surface area contributed by atoms with E-state index in [1.807, 2.05) is 4.68 Å². The van der Waals surface area contributed by atoms with Gasteiger partial charge < -0.3 is 14.4 Å². The van der Waals surface area contributed by atoms with Crippen LogP contribution in [0.4, 0.5) is 0 Å². The molecule has 0 unspecified atom stereocenters. The highest BCUT2D eigenvalue weighted by molar-refractivity contribution is 5.92. The van der Waals surface area contributed by atoms with Crippen molar-refractivity contribution in [1.82, 2.24) is 14.7 Å². The number of aromatic nitrogens is 2. The lowest BCUT2D eigenvalue weighted by atomic mass is 10.2. The molecule has 1 aliphatic rings. The predicted octanol–water partition coefficient (Wildman–Crippen LogP) is 2.87. The highest BCUT2D eigenvalue weighted by Gasteiger charge is 2.25. The standard InChI is InChI=1S/C17H21N3O4/c1-11-14(17(22)23)9-13(24-11)10-19(2)16(21)15-7-8-18-20(15)12-5-3-4-6-12/h7-9,12H,3-6,10H2,1-2H3,(H,22,23). The van der Waals surface area contributed by atoms with Crippen LogP contribution in [0.1, 0.15) is 64.1 Å². The lowest BCUT2D eigenvalue weighted by molar-refractivity contribution is 0.0693. The molecular weight excluding hydrogens is 310 g/mol. The van der Waals surface area contributed by atoms with Crippen LogP contribution in [-0.2, 0) is 6.54 Å². The minimum atomic E-state index is -1.03. The van der Waals surface area contributed by atoms with Gasteiger partial charge in [-0.2, -0.15) is 5.10 Å². The Labute approximate surface area is 139 Å². The van der Waals surface area contributed by atoms with Crippen LogP contribution in [0.25, 0.3) is 0 Å². The second-order valence-corrected chi connectivity index (χ2v) is 6.25. The highest BCUT2D eigenvalue weighted by Crippen LogP contribution is 2.30. The maximum Gasteiger partial charge on any atom is 0.339 e. The van der Waals surface area contributed by atoms with Gasteiger partial charge in [0.2, 0.25) is 0 Å². The zero-order valence-corrected chi connectivity index (χ0v) is 13.9. The third-order valence-electron chi connectivity index (χ3n) is 4.50. The quantitative estimate of drug-likeness (QED) is 0.910. The second kappa shape index (κ2) is 6.51. The van der Waals surface area contributed by atoms with Gasteiger partial charge in [0.05, 0.1) is 12.6 Å². The lowest BCUT2D eigenvalue weighted by Gasteiger charge is -2.19. The molecule has 0 spiro atoms. The molecular formula is C17H21N3O4. The van der Waals surface area contributed by atoms with E-state index in [9.17, 15) is 9.59 Å². The molecule has 24 heavy (non-hydrogen) atoms. The van der Waals surface area contributed by atoms with Crippen molar-refractivity contribution in [2.75, 3.05) is 7.05 Å². The summed E-state index contributed by atoms with van der Waals surface area (Å²) in [5.74, 6) is -0.386. The minimum absolute atomic E-state index is 0.127. The summed E-state index contributed by atoms with van der Waals surface area (Å²) in [6.45, 7) is 1.81. The molecule has 0 saturated heterocycles. The molecule has 0 bridgehead atoms. The number of aromatic carboxylic acids is 1. The van der Waals surface area contributed by atoms with E-state index >= 15 is 0 Å². The molecule has 0 radical (unpaired) electrons. The number of amides is 1. The largest absolute Gasteiger partial charge is 0.478 e. The molecule has 1 N–H and O–H groups in total. The second-order valence-electron chi connectivity index (χ2n) is 6.25. The van der Waals surface area contributed by atoms with Crippen molar-refractivity contribution in [3.05, 3.63) is 41.1 Å². The summed E-state index contributed by atoms with van der Waals surface area (Å²) in [5.41, 5.74) is 0.688. The summed E-state index contributed by atoms with van der Waals surface area (Å²) >= 11 is 0. The van der Waals surface area contributed by atoms with E-state index < -0.39 is 5.97 Å². The Hall–Kier alpha value is -2.57. The summed E-state index contributed by atoms with van der Waals surface area (Å²) in [6.07, 6.45) is 6.07. The molecule has 1 amide bonds. The van der Waals surface area contributed by atoms with Crippen molar-refractivity contribution < 1.29 is 19.1 Å². The average molecular weight is 331 g/mol. The zero-order valence-electron chi connectivity index (χ0n) is 13.9. The molecule has 1 aliphatic carbocycles. The number of rotatable bonds is 5. The van der Waals surface area contributed by atoms with Crippen molar-refractivity contribution in [3.63, 3.8) is 0 Å². The summed E-state index contributed by atoms with van der Waals surface area (Å²) in [6, 6.07) is 3.49. The molecule has 0 aliphatic heterocycles. The molecule has 7 heteroatoms. The molecule has 1 saturated carbocycles. The number of hydrogen-bond acceptors (Lipinski definition) is 4. The van der Waals surface area contributed by atoms with Crippen molar-refractivity contribution in [3.8, 4) is 0 Å². The maximum atomic E-state index is 12.7. The van der Waals surface area contributed by atoms with Crippen LogP contribution in [0.15, 0.2) is 22.7 Å². The first kappa shape index (κ1) is 16.3. The topological polar surface area (TPSA) is 88.6 Å². The Morgan fingerprint density at radius 2 is 2.12 bits per heavy atom. The van der Waals surface area contributed by atoms with Crippen LogP contribution in [0.2, 0.25) is 0 Å². The summed E-state index contributed by atoms with van der Waals surface area (Å²) in [5, 5.41) is 13.4. The third-order valence-corrected chi connectivity index (χ3v) is 4.50. The first-order valence-electron chi connectivity index (χ1n) is 8.09. The van der Waals surface area contributed by atoms with Gasteiger partial charge in [-0.25, -0.2) is 4.79 Å². The Kier molecular flexibility index (Phi) is 4.42. The number of furan rings is 1. The van der Waals surface area contributed by atoms with Gasteiger partial charge in [0, 0.05) is 13.2 Å². The van der Waals surface area contributed by atoms with Crippen LogP contribution in [0, 0.1) is 6.92 Å². The van der Waals surface area contributed by atoms with Crippen molar-refractivity contribution in [1.29, 1.82) is 0 Å². The van der Waals surface area contributed by atoms with Crippen LogP contribution < -0.4 is 0 Å². The number of carboxylic acid groups (broad SMARTS) is 1. The van der Waals surface area contributed by atoms with Gasteiger partial charge in [0.15, 0.2) is 0 Å². The molecule has 0 aromatic carbocycles. The predicted molar refractivity (Wildman–Crippen MR) is 85.9 cm³/mol. The fourth-order valence-electron chi connectivity index (χ4n) is 3.26. The maximum absolute atomic E-state index is 12.7. The van der Waals surface area contributed by atoms with E-state index in [1.54, 1.807) is 26.2 Å². The normalized spacial score (nSPS) is 14.9. The van der Waals surface area contributed by atoms with Crippen LogP contribution in [0.3, 0.4) is 0 Å². The molecule has 2 aromatic heterocycles. The number of carbonyl (C=O) groups is 2. The van der Waals surface area contributed by atoms with Gasteiger partial charge in [0.1, 0.15) is 22.8 Å². The minimum Gasteiger partial charge on any atom is -0.478 e. The van der Waals surface area contributed by atoms with Gasteiger partial charge in [-0.15, -0.1) is 0 Å². The van der Waals surface area contributed by atoms with E-state index in [4.69, 9.17) is 9.52 Å². The molecule has 1 fully saturated rings. The first-order chi connectivity index (χ1) is 11.5. The number of hydrogen-bond donors (Lipinski definition) is 1. The molecule has 2 aromatic rings. The van der Waals surface area contributed by atoms with E-state index in [0.717, 1.165) is 25.7 Å². The van der Waals surface area contributed by atoms with Crippen LogP contribution in [0.5, 0.6) is 0 Å². The van der Waals surface area contributed by atoms with Crippen molar-refractivity contribution >= 4 is 11.9 Å². The van der Waals surface area contributed by atoms with E-state index in [2.05, 4.69) is 5.10 Å². The van der Waals surface area contributed by atoms with Crippen molar-refractivity contribution in [2.24, 2.45) is 0 Å². The van der Waals surface area contributed by atoms with Gasteiger partial charge in [-0.3, -0.25) is 9.48 Å². The lowest BCUT2D eigenvalue weighted by Crippen LogP contribution is -2.29. The van der Waals surface area contributed by atoms with E-state index in [0.29, 0.717) is 17.2 Å². The van der Waals surface area contributed by atoms with Gasteiger partial charge >= 0.3 is 5.97 Å². The third kappa shape index (κ3) is 3.06. The Bertz CT molecular complexity index is 756. The SMILES string of the molecule is Cc1oc(CN(C)C(=O)c2ccnn2C2CCCC2)cc1C(=O)O. The molecule has 2 heterocycles. The summed E-state index contributed by atoms with van der Waals surface area (Å²) in [7, 11) is 1.67. The van der Waals surface area contributed by atoms with E-state index in [-0.39, 0.29) is 24.1 Å².